The number of aliphatic carboxylic acids is 1. The SMILES string of the molecule is CC(C)C[C@@H](NC(=O)c1cc(S(C)(=O)=O)cs1)C(=O)O. The molecule has 6 nitrogen and oxygen atoms in total. The Morgan fingerprint density at radius 1 is 1.40 bits per heavy atom. The summed E-state index contributed by atoms with van der Waals surface area (Å²) in [5.41, 5.74) is 0. The molecule has 1 aromatic rings. The highest BCUT2D eigenvalue weighted by Crippen LogP contribution is 2.19. The van der Waals surface area contributed by atoms with E-state index in [1.165, 1.54) is 11.4 Å². The van der Waals surface area contributed by atoms with Crippen molar-refractivity contribution in [2.24, 2.45) is 5.92 Å². The van der Waals surface area contributed by atoms with Crippen molar-refractivity contribution in [1.29, 1.82) is 0 Å². The highest BCUT2D eigenvalue weighted by atomic mass is 32.2. The van der Waals surface area contributed by atoms with Gasteiger partial charge in [0, 0.05) is 11.6 Å². The molecule has 0 bridgehead atoms. The number of carboxylic acid groups (broad SMARTS) is 1. The van der Waals surface area contributed by atoms with Gasteiger partial charge in [-0.25, -0.2) is 13.2 Å². The molecule has 20 heavy (non-hydrogen) atoms. The van der Waals surface area contributed by atoms with Gasteiger partial charge in [-0.3, -0.25) is 4.79 Å². The lowest BCUT2D eigenvalue weighted by atomic mass is 10.0. The van der Waals surface area contributed by atoms with Gasteiger partial charge in [0.1, 0.15) is 6.04 Å². The molecule has 0 unspecified atom stereocenters. The van der Waals surface area contributed by atoms with Crippen LogP contribution in [0.1, 0.15) is 29.9 Å². The highest BCUT2D eigenvalue weighted by molar-refractivity contribution is 7.90. The van der Waals surface area contributed by atoms with Gasteiger partial charge in [0.15, 0.2) is 9.84 Å². The minimum atomic E-state index is -3.37. The molecule has 0 spiro atoms. The summed E-state index contributed by atoms with van der Waals surface area (Å²) in [5, 5.41) is 12.8. The Hall–Kier alpha value is -1.41. The lowest BCUT2D eigenvalue weighted by Gasteiger charge is -2.15. The second kappa shape index (κ2) is 6.36. The Labute approximate surface area is 121 Å². The van der Waals surface area contributed by atoms with E-state index < -0.39 is 27.8 Å². The number of carboxylic acids is 1. The average Bonchev–Trinajstić information content (AvgIpc) is 2.75. The Balaban J connectivity index is 2.84. The van der Waals surface area contributed by atoms with Crippen molar-refractivity contribution >= 4 is 33.1 Å². The first-order valence-corrected chi connectivity index (χ1v) is 8.70. The summed E-state index contributed by atoms with van der Waals surface area (Å²) < 4.78 is 22.7. The lowest BCUT2D eigenvalue weighted by molar-refractivity contribution is -0.139. The van der Waals surface area contributed by atoms with Crippen LogP contribution in [0.5, 0.6) is 0 Å². The largest absolute Gasteiger partial charge is 0.480 e. The van der Waals surface area contributed by atoms with Crippen LogP contribution in [-0.2, 0) is 14.6 Å². The Morgan fingerprint density at radius 3 is 2.40 bits per heavy atom. The third-order valence-electron chi connectivity index (χ3n) is 2.54. The number of carbonyl (C=O) groups excluding carboxylic acids is 1. The topological polar surface area (TPSA) is 101 Å². The van der Waals surface area contributed by atoms with Crippen LogP contribution in [0.2, 0.25) is 0 Å². The van der Waals surface area contributed by atoms with E-state index in [1.807, 2.05) is 13.8 Å². The van der Waals surface area contributed by atoms with E-state index in [2.05, 4.69) is 5.32 Å². The van der Waals surface area contributed by atoms with E-state index in [0.29, 0.717) is 6.42 Å². The molecule has 0 saturated carbocycles. The van der Waals surface area contributed by atoms with E-state index in [-0.39, 0.29) is 15.7 Å². The number of hydrogen-bond acceptors (Lipinski definition) is 5. The summed E-state index contributed by atoms with van der Waals surface area (Å²) in [6, 6.07) is 0.273. The molecule has 1 aromatic heterocycles. The smallest absolute Gasteiger partial charge is 0.326 e. The Morgan fingerprint density at radius 2 is 2.00 bits per heavy atom. The first-order valence-electron chi connectivity index (χ1n) is 5.93. The molecule has 1 amide bonds. The predicted octanol–water partition coefficient (Wildman–Crippen LogP) is 1.38. The Kier molecular flexibility index (Phi) is 5.29. The summed E-state index contributed by atoms with van der Waals surface area (Å²) in [6.07, 6.45) is 1.36. The van der Waals surface area contributed by atoms with Gasteiger partial charge in [-0.1, -0.05) is 13.8 Å². The van der Waals surface area contributed by atoms with Crippen molar-refractivity contribution in [3.05, 3.63) is 16.3 Å². The summed E-state index contributed by atoms with van der Waals surface area (Å²) in [5.74, 6) is -1.56. The van der Waals surface area contributed by atoms with Crippen LogP contribution in [0.3, 0.4) is 0 Å². The molecule has 0 radical (unpaired) electrons. The van der Waals surface area contributed by atoms with Gasteiger partial charge in [-0.05, 0) is 18.4 Å². The van der Waals surface area contributed by atoms with Crippen LogP contribution < -0.4 is 5.32 Å². The number of hydrogen-bond donors (Lipinski definition) is 2. The standard InChI is InChI=1S/C12H17NO5S2/c1-7(2)4-9(12(15)16)13-11(14)10-5-8(6-19-10)20(3,17)18/h5-7,9H,4H2,1-3H3,(H,13,14)(H,15,16)/t9-/m1/s1. The second-order valence-electron chi connectivity index (χ2n) is 4.91. The first kappa shape index (κ1) is 16.6. The zero-order valence-electron chi connectivity index (χ0n) is 11.4. The van der Waals surface area contributed by atoms with Crippen LogP contribution in [0.4, 0.5) is 0 Å². The monoisotopic (exact) mass is 319 g/mol. The van der Waals surface area contributed by atoms with E-state index in [4.69, 9.17) is 5.11 Å². The van der Waals surface area contributed by atoms with Crippen molar-refractivity contribution < 1.29 is 23.1 Å². The number of nitrogens with one attached hydrogen (secondary N) is 1. The van der Waals surface area contributed by atoms with E-state index in [1.54, 1.807) is 0 Å². The predicted molar refractivity (Wildman–Crippen MR) is 75.8 cm³/mol. The van der Waals surface area contributed by atoms with Crippen LogP contribution >= 0.6 is 11.3 Å². The van der Waals surface area contributed by atoms with Gasteiger partial charge in [0.05, 0.1) is 9.77 Å². The summed E-state index contributed by atoms with van der Waals surface area (Å²) >= 11 is 0.973. The molecule has 0 fully saturated rings. The summed E-state index contributed by atoms with van der Waals surface area (Å²) in [4.78, 5) is 23.2. The molecule has 2 N–H and O–H groups in total. The molecular weight excluding hydrogens is 302 g/mol. The zero-order valence-corrected chi connectivity index (χ0v) is 13.0. The normalized spacial score (nSPS) is 13.2. The second-order valence-corrected chi connectivity index (χ2v) is 7.84. The van der Waals surface area contributed by atoms with Crippen molar-refractivity contribution in [3.63, 3.8) is 0 Å². The van der Waals surface area contributed by atoms with Crippen LogP contribution in [-0.4, -0.2) is 37.7 Å². The number of carbonyl (C=O) groups is 2. The van der Waals surface area contributed by atoms with Gasteiger partial charge in [-0.15, -0.1) is 11.3 Å². The fraction of sp³-hybridized carbons (Fsp3) is 0.500. The molecule has 0 aromatic carbocycles. The number of sulfone groups is 1. The molecule has 0 aliphatic carbocycles. The van der Waals surface area contributed by atoms with Crippen molar-refractivity contribution in [2.45, 2.75) is 31.2 Å². The van der Waals surface area contributed by atoms with E-state index in [0.717, 1.165) is 17.6 Å². The number of thiophene rings is 1. The van der Waals surface area contributed by atoms with Crippen molar-refractivity contribution in [3.8, 4) is 0 Å². The van der Waals surface area contributed by atoms with Crippen LogP contribution in [0, 0.1) is 5.92 Å². The fourth-order valence-electron chi connectivity index (χ4n) is 1.55. The third-order valence-corrected chi connectivity index (χ3v) is 4.71. The van der Waals surface area contributed by atoms with Crippen LogP contribution in [0.15, 0.2) is 16.3 Å². The Bertz CT molecular complexity index is 603. The van der Waals surface area contributed by atoms with Crippen molar-refractivity contribution in [2.75, 3.05) is 6.26 Å². The van der Waals surface area contributed by atoms with E-state index in [9.17, 15) is 18.0 Å². The molecule has 1 heterocycles. The zero-order chi connectivity index (χ0) is 15.5. The van der Waals surface area contributed by atoms with Crippen molar-refractivity contribution in [1.82, 2.24) is 5.32 Å². The first-order chi connectivity index (χ1) is 9.11. The summed E-state index contributed by atoms with van der Waals surface area (Å²) in [6.45, 7) is 3.71. The molecule has 112 valence electrons. The molecular formula is C12H17NO5S2. The number of rotatable bonds is 6. The maximum absolute atomic E-state index is 11.9. The highest BCUT2D eigenvalue weighted by Gasteiger charge is 2.23. The third kappa shape index (κ3) is 4.61. The maximum atomic E-state index is 11.9. The lowest BCUT2D eigenvalue weighted by Crippen LogP contribution is -2.41. The molecule has 1 rings (SSSR count). The van der Waals surface area contributed by atoms with Gasteiger partial charge in [-0.2, -0.15) is 0 Å². The maximum Gasteiger partial charge on any atom is 0.326 e. The number of amides is 1. The average molecular weight is 319 g/mol. The van der Waals surface area contributed by atoms with Gasteiger partial charge >= 0.3 is 5.97 Å². The van der Waals surface area contributed by atoms with Gasteiger partial charge < -0.3 is 10.4 Å². The fourth-order valence-corrected chi connectivity index (χ4v) is 3.48. The minimum Gasteiger partial charge on any atom is -0.480 e. The molecule has 8 heteroatoms. The minimum absolute atomic E-state index is 0.0587. The summed E-state index contributed by atoms with van der Waals surface area (Å²) in [7, 11) is -3.37. The molecule has 1 atom stereocenters. The van der Waals surface area contributed by atoms with Gasteiger partial charge in [0.2, 0.25) is 0 Å². The molecule has 0 aliphatic rings. The van der Waals surface area contributed by atoms with E-state index >= 15 is 0 Å². The molecule has 0 aliphatic heterocycles. The van der Waals surface area contributed by atoms with Gasteiger partial charge in [0.25, 0.3) is 5.91 Å². The quantitative estimate of drug-likeness (QED) is 0.825. The molecule has 0 saturated heterocycles. The van der Waals surface area contributed by atoms with Crippen LogP contribution in [0.25, 0.3) is 0 Å².